The summed E-state index contributed by atoms with van der Waals surface area (Å²) in [6, 6.07) is 10.9. The molecule has 1 N–H and O–H groups in total. The maximum atomic E-state index is 13.2. The lowest BCUT2D eigenvalue weighted by Crippen LogP contribution is -2.34. The summed E-state index contributed by atoms with van der Waals surface area (Å²) < 4.78 is 38.7. The quantitative estimate of drug-likeness (QED) is 0.652. The van der Waals surface area contributed by atoms with Crippen LogP contribution in [0.5, 0.6) is 0 Å². The molecule has 0 saturated heterocycles. The molecule has 3 aromatic rings. The number of hydrogen-bond donors (Lipinski definition) is 1. The highest BCUT2D eigenvalue weighted by atomic mass is 32.2. The van der Waals surface area contributed by atoms with Crippen molar-refractivity contribution in [2.45, 2.75) is 26.3 Å². The Morgan fingerprint density at radius 3 is 2.60 bits per heavy atom. The molecule has 1 aliphatic heterocycles. The number of nitrogens with one attached hydrogen (secondary N) is 1. The number of aromatic nitrogens is 1. The number of carbonyl (C=O) groups is 1. The van der Waals surface area contributed by atoms with E-state index in [0.717, 1.165) is 16.0 Å². The van der Waals surface area contributed by atoms with Crippen molar-refractivity contribution in [1.29, 1.82) is 0 Å². The third kappa shape index (κ3) is 3.82. The van der Waals surface area contributed by atoms with Gasteiger partial charge < -0.3 is 0 Å². The number of amides is 1. The first kappa shape index (κ1) is 20.5. The minimum absolute atomic E-state index is 0.187. The summed E-state index contributed by atoms with van der Waals surface area (Å²) in [5, 5.41) is 3.25. The van der Waals surface area contributed by atoms with Crippen LogP contribution in [0, 0.1) is 12.7 Å². The fraction of sp³-hybridized carbons (Fsp3) is 0.238. The Kier molecular flexibility index (Phi) is 5.11. The summed E-state index contributed by atoms with van der Waals surface area (Å²) >= 11 is 1.34. The van der Waals surface area contributed by atoms with E-state index < -0.39 is 10.0 Å². The van der Waals surface area contributed by atoms with Gasteiger partial charge in [-0.3, -0.25) is 14.4 Å². The average molecular weight is 446 g/mol. The normalized spacial score (nSPS) is 15.9. The van der Waals surface area contributed by atoms with E-state index in [1.54, 1.807) is 30.3 Å². The highest BCUT2D eigenvalue weighted by Gasteiger charge is 2.32. The Hall–Kier alpha value is -2.78. The van der Waals surface area contributed by atoms with Crippen molar-refractivity contribution < 1.29 is 17.6 Å². The first-order valence-electron chi connectivity index (χ1n) is 9.30. The van der Waals surface area contributed by atoms with Gasteiger partial charge in [0, 0.05) is 22.0 Å². The van der Waals surface area contributed by atoms with Gasteiger partial charge in [0.2, 0.25) is 10.0 Å². The van der Waals surface area contributed by atoms with Crippen molar-refractivity contribution in [2.75, 3.05) is 15.9 Å². The minimum atomic E-state index is -3.38. The molecule has 156 valence electrons. The molecule has 1 aromatic heterocycles. The number of thiazole rings is 1. The smallest absolute Gasteiger partial charge is 0.257 e. The molecule has 6 nitrogen and oxygen atoms in total. The zero-order chi connectivity index (χ0) is 21.6. The van der Waals surface area contributed by atoms with E-state index in [1.165, 1.54) is 34.0 Å². The lowest BCUT2D eigenvalue weighted by molar-refractivity contribution is 0.102. The van der Waals surface area contributed by atoms with Crippen molar-refractivity contribution in [3.8, 4) is 11.3 Å². The van der Waals surface area contributed by atoms with E-state index >= 15 is 0 Å². The molecule has 0 saturated carbocycles. The van der Waals surface area contributed by atoms with E-state index in [2.05, 4.69) is 10.3 Å². The molecule has 0 fully saturated rings. The Morgan fingerprint density at radius 2 is 1.93 bits per heavy atom. The molecular weight excluding hydrogens is 425 g/mol. The average Bonchev–Trinajstić information content (AvgIpc) is 3.19. The first-order valence-corrected chi connectivity index (χ1v) is 12.0. The second kappa shape index (κ2) is 7.48. The minimum Gasteiger partial charge on any atom is -0.298 e. The second-order valence-electron chi connectivity index (χ2n) is 7.34. The molecule has 4 rings (SSSR count). The zero-order valence-corrected chi connectivity index (χ0v) is 18.3. The standard InChI is InChI=1S/C21H20FN3O3S2/c1-12-10-16-11-15(6-9-18(16)25(12)30(3,27)28)20(26)24-21-23-19(13(2)29-21)14-4-7-17(22)8-5-14/h4-9,11-12H,10H2,1-3H3,(H,23,24,26). The van der Waals surface area contributed by atoms with E-state index in [1.807, 2.05) is 13.8 Å². The zero-order valence-electron chi connectivity index (χ0n) is 16.6. The lowest BCUT2D eigenvalue weighted by Gasteiger charge is -2.21. The van der Waals surface area contributed by atoms with Gasteiger partial charge in [-0.05, 0) is 68.3 Å². The first-order chi connectivity index (χ1) is 14.1. The number of anilines is 2. The molecule has 2 heterocycles. The van der Waals surface area contributed by atoms with Crippen LogP contribution in [0.3, 0.4) is 0 Å². The number of nitrogens with zero attached hydrogens (tertiary/aromatic N) is 2. The van der Waals surface area contributed by atoms with Gasteiger partial charge in [0.1, 0.15) is 5.82 Å². The molecule has 0 bridgehead atoms. The number of fused-ring (bicyclic) bond motifs is 1. The SMILES string of the molecule is Cc1sc(NC(=O)c2ccc3c(c2)CC(C)N3S(C)(=O)=O)nc1-c1ccc(F)cc1. The van der Waals surface area contributed by atoms with E-state index in [-0.39, 0.29) is 17.8 Å². The molecule has 1 amide bonds. The number of halogens is 1. The number of carbonyl (C=O) groups excluding carboxylic acids is 1. The maximum Gasteiger partial charge on any atom is 0.257 e. The molecule has 2 aromatic carbocycles. The summed E-state index contributed by atoms with van der Waals surface area (Å²) in [6.45, 7) is 3.73. The van der Waals surface area contributed by atoms with Crippen LogP contribution in [-0.2, 0) is 16.4 Å². The molecule has 0 spiro atoms. The summed E-state index contributed by atoms with van der Waals surface area (Å²) in [7, 11) is -3.38. The van der Waals surface area contributed by atoms with Gasteiger partial charge in [-0.1, -0.05) is 0 Å². The maximum absolute atomic E-state index is 13.2. The Morgan fingerprint density at radius 1 is 1.23 bits per heavy atom. The lowest BCUT2D eigenvalue weighted by atomic mass is 10.1. The molecule has 0 radical (unpaired) electrons. The molecule has 1 unspecified atom stereocenters. The third-order valence-electron chi connectivity index (χ3n) is 4.99. The van der Waals surface area contributed by atoms with Crippen molar-refractivity contribution in [3.05, 3.63) is 64.3 Å². The van der Waals surface area contributed by atoms with Crippen LogP contribution in [0.1, 0.15) is 27.7 Å². The van der Waals surface area contributed by atoms with E-state index in [4.69, 9.17) is 0 Å². The van der Waals surface area contributed by atoms with Crippen molar-refractivity contribution in [1.82, 2.24) is 4.98 Å². The van der Waals surface area contributed by atoms with Gasteiger partial charge in [-0.2, -0.15) is 0 Å². The molecule has 1 atom stereocenters. The molecular formula is C21H20FN3O3S2. The predicted octanol–water partition coefficient (Wildman–Crippen LogP) is 4.22. The molecule has 0 aliphatic carbocycles. The molecule has 1 aliphatic rings. The highest BCUT2D eigenvalue weighted by molar-refractivity contribution is 7.92. The van der Waals surface area contributed by atoms with Crippen molar-refractivity contribution in [3.63, 3.8) is 0 Å². The Bertz CT molecular complexity index is 1240. The predicted molar refractivity (Wildman–Crippen MR) is 117 cm³/mol. The number of hydrogen-bond acceptors (Lipinski definition) is 5. The summed E-state index contributed by atoms with van der Waals surface area (Å²) in [5.74, 6) is -0.636. The van der Waals surface area contributed by atoms with Crippen molar-refractivity contribution >= 4 is 38.1 Å². The molecule has 9 heteroatoms. The van der Waals surface area contributed by atoms with Gasteiger partial charge in [-0.25, -0.2) is 17.8 Å². The number of sulfonamides is 1. The molecule has 30 heavy (non-hydrogen) atoms. The van der Waals surface area contributed by atoms with Crippen LogP contribution in [0.2, 0.25) is 0 Å². The van der Waals surface area contributed by atoms with Crippen LogP contribution in [0.15, 0.2) is 42.5 Å². The van der Waals surface area contributed by atoms with Crippen LogP contribution in [-0.4, -0.2) is 31.6 Å². The number of aryl methyl sites for hydroxylation is 1. The van der Waals surface area contributed by atoms with Gasteiger partial charge in [0.15, 0.2) is 5.13 Å². The van der Waals surface area contributed by atoms with Gasteiger partial charge >= 0.3 is 0 Å². The Labute approximate surface area is 178 Å². The fourth-order valence-corrected chi connectivity index (χ4v) is 5.84. The Balaban J connectivity index is 1.57. The van der Waals surface area contributed by atoms with Crippen LogP contribution < -0.4 is 9.62 Å². The second-order valence-corrected chi connectivity index (χ2v) is 10.4. The van der Waals surface area contributed by atoms with Crippen LogP contribution in [0.25, 0.3) is 11.3 Å². The van der Waals surface area contributed by atoms with Gasteiger partial charge in [-0.15, -0.1) is 11.3 Å². The largest absolute Gasteiger partial charge is 0.298 e. The monoisotopic (exact) mass is 445 g/mol. The number of rotatable bonds is 4. The van der Waals surface area contributed by atoms with E-state index in [9.17, 15) is 17.6 Å². The van der Waals surface area contributed by atoms with Crippen molar-refractivity contribution in [2.24, 2.45) is 0 Å². The topological polar surface area (TPSA) is 79.4 Å². The van der Waals surface area contributed by atoms with Crippen LogP contribution >= 0.6 is 11.3 Å². The number of benzene rings is 2. The summed E-state index contributed by atoms with van der Waals surface area (Å²) in [4.78, 5) is 18.1. The summed E-state index contributed by atoms with van der Waals surface area (Å²) in [6.07, 6.45) is 1.73. The summed E-state index contributed by atoms with van der Waals surface area (Å²) in [5.41, 5.74) is 3.35. The third-order valence-corrected chi connectivity index (χ3v) is 7.14. The van der Waals surface area contributed by atoms with E-state index in [0.29, 0.717) is 28.5 Å². The highest BCUT2D eigenvalue weighted by Crippen LogP contribution is 2.35. The van der Waals surface area contributed by atoms with Crippen LogP contribution in [0.4, 0.5) is 15.2 Å². The fourth-order valence-electron chi connectivity index (χ4n) is 3.74. The van der Waals surface area contributed by atoms with Gasteiger partial charge in [0.05, 0.1) is 17.6 Å². The van der Waals surface area contributed by atoms with Gasteiger partial charge in [0.25, 0.3) is 5.91 Å².